The molecule has 0 fully saturated rings. The van der Waals surface area contributed by atoms with Crippen LogP contribution >= 0.6 is 11.6 Å². The molecule has 0 saturated carbocycles. The molecule has 0 radical (unpaired) electrons. The maximum Gasteiger partial charge on any atom is 0.136 e. The van der Waals surface area contributed by atoms with Gasteiger partial charge in [0.25, 0.3) is 0 Å². The van der Waals surface area contributed by atoms with E-state index in [0.717, 1.165) is 27.9 Å². The monoisotopic (exact) mass is 255 g/mol. The van der Waals surface area contributed by atoms with E-state index in [1.807, 2.05) is 43.3 Å². The SMILES string of the molecule is Cc1c(Cl)ncnc1-c1ccc2ccccc2n1. The van der Waals surface area contributed by atoms with Crippen LogP contribution in [0.5, 0.6) is 0 Å². The lowest BCUT2D eigenvalue weighted by atomic mass is 10.1. The van der Waals surface area contributed by atoms with Crippen LogP contribution in [0.1, 0.15) is 5.56 Å². The molecule has 0 aliphatic rings. The van der Waals surface area contributed by atoms with E-state index in [0.29, 0.717) is 5.15 Å². The van der Waals surface area contributed by atoms with E-state index < -0.39 is 0 Å². The zero-order valence-electron chi connectivity index (χ0n) is 9.76. The molecule has 0 amide bonds. The van der Waals surface area contributed by atoms with Crippen LogP contribution in [0.4, 0.5) is 0 Å². The van der Waals surface area contributed by atoms with Crippen molar-refractivity contribution in [1.82, 2.24) is 15.0 Å². The predicted octanol–water partition coefficient (Wildman–Crippen LogP) is 3.65. The lowest BCUT2D eigenvalue weighted by Crippen LogP contribution is -1.94. The first-order chi connectivity index (χ1) is 8.75. The van der Waals surface area contributed by atoms with Crippen LogP contribution in [0.2, 0.25) is 5.15 Å². The van der Waals surface area contributed by atoms with Crippen LogP contribution in [-0.4, -0.2) is 15.0 Å². The first-order valence-corrected chi connectivity index (χ1v) is 5.97. The number of benzene rings is 1. The maximum absolute atomic E-state index is 6.00. The van der Waals surface area contributed by atoms with E-state index in [-0.39, 0.29) is 0 Å². The summed E-state index contributed by atoms with van der Waals surface area (Å²) in [5.41, 5.74) is 3.39. The highest BCUT2D eigenvalue weighted by atomic mass is 35.5. The van der Waals surface area contributed by atoms with Crippen molar-refractivity contribution >= 4 is 22.5 Å². The summed E-state index contributed by atoms with van der Waals surface area (Å²) in [4.78, 5) is 12.8. The van der Waals surface area contributed by atoms with Crippen LogP contribution in [0.25, 0.3) is 22.3 Å². The molecule has 3 aromatic rings. The summed E-state index contributed by atoms with van der Waals surface area (Å²) in [7, 11) is 0. The highest BCUT2D eigenvalue weighted by Crippen LogP contribution is 2.24. The van der Waals surface area contributed by atoms with Gasteiger partial charge in [0, 0.05) is 10.9 Å². The summed E-state index contributed by atoms with van der Waals surface area (Å²) >= 11 is 6.00. The normalized spacial score (nSPS) is 10.8. The smallest absolute Gasteiger partial charge is 0.136 e. The van der Waals surface area contributed by atoms with Gasteiger partial charge in [-0.2, -0.15) is 0 Å². The van der Waals surface area contributed by atoms with Gasteiger partial charge in [-0.15, -0.1) is 0 Å². The lowest BCUT2D eigenvalue weighted by Gasteiger charge is -2.06. The number of hydrogen-bond donors (Lipinski definition) is 0. The molecular formula is C14H10ClN3. The fourth-order valence-electron chi connectivity index (χ4n) is 1.88. The summed E-state index contributed by atoms with van der Waals surface area (Å²) in [6.07, 6.45) is 1.46. The van der Waals surface area contributed by atoms with E-state index >= 15 is 0 Å². The highest BCUT2D eigenvalue weighted by Gasteiger charge is 2.09. The number of fused-ring (bicyclic) bond motifs is 1. The van der Waals surface area contributed by atoms with Crippen LogP contribution in [-0.2, 0) is 0 Å². The van der Waals surface area contributed by atoms with Gasteiger partial charge < -0.3 is 0 Å². The van der Waals surface area contributed by atoms with E-state index in [1.54, 1.807) is 0 Å². The average Bonchev–Trinajstić information content (AvgIpc) is 2.41. The number of rotatable bonds is 1. The Bertz CT molecular complexity index is 725. The van der Waals surface area contributed by atoms with Gasteiger partial charge in [-0.25, -0.2) is 15.0 Å². The van der Waals surface area contributed by atoms with Gasteiger partial charge in [-0.1, -0.05) is 35.9 Å². The first kappa shape index (κ1) is 11.1. The molecule has 0 atom stereocenters. The molecule has 0 spiro atoms. The second-order valence-corrected chi connectivity index (χ2v) is 4.39. The standard InChI is InChI=1S/C14H10ClN3/c1-9-13(16-8-17-14(9)15)12-7-6-10-4-2-3-5-11(10)18-12/h2-8H,1H3. The van der Waals surface area contributed by atoms with Crippen molar-refractivity contribution in [2.75, 3.05) is 0 Å². The molecular weight excluding hydrogens is 246 g/mol. The van der Waals surface area contributed by atoms with E-state index in [2.05, 4.69) is 15.0 Å². The number of hydrogen-bond acceptors (Lipinski definition) is 3. The Morgan fingerprint density at radius 2 is 1.83 bits per heavy atom. The van der Waals surface area contributed by atoms with Crippen molar-refractivity contribution in [3.05, 3.63) is 53.4 Å². The Kier molecular flexibility index (Phi) is 2.68. The molecule has 2 heterocycles. The Morgan fingerprint density at radius 1 is 1.00 bits per heavy atom. The molecule has 0 N–H and O–H groups in total. The van der Waals surface area contributed by atoms with Crippen LogP contribution in [0, 0.1) is 6.92 Å². The summed E-state index contributed by atoms with van der Waals surface area (Å²) in [6, 6.07) is 12.0. The summed E-state index contributed by atoms with van der Waals surface area (Å²) in [5.74, 6) is 0. The topological polar surface area (TPSA) is 38.7 Å². The van der Waals surface area contributed by atoms with E-state index in [9.17, 15) is 0 Å². The van der Waals surface area contributed by atoms with Crippen molar-refractivity contribution in [1.29, 1.82) is 0 Å². The van der Waals surface area contributed by atoms with Crippen LogP contribution in [0.3, 0.4) is 0 Å². The molecule has 3 nitrogen and oxygen atoms in total. The second-order valence-electron chi connectivity index (χ2n) is 4.03. The van der Waals surface area contributed by atoms with E-state index in [4.69, 9.17) is 11.6 Å². The first-order valence-electron chi connectivity index (χ1n) is 5.59. The molecule has 4 heteroatoms. The van der Waals surface area contributed by atoms with Crippen molar-refractivity contribution < 1.29 is 0 Å². The van der Waals surface area contributed by atoms with Crippen LogP contribution < -0.4 is 0 Å². The molecule has 88 valence electrons. The Labute approximate surface area is 109 Å². The number of pyridine rings is 1. The van der Waals surface area contributed by atoms with E-state index in [1.165, 1.54) is 6.33 Å². The minimum Gasteiger partial charge on any atom is -0.246 e. The molecule has 3 rings (SSSR count). The number of nitrogens with zero attached hydrogens (tertiary/aromatic N) is 3. The average molecular weight is 256 g/mol. The van der Waals surface area contributed by atoms with Gasteiger partial charge in [0.05, 0.1) is 16.9 Å². The number of para-hydroxylation sites is 1. The minimum atomic E-state index is 0.468. The predicted molar refractivity (Wildman–Crippen MR) is 72.5 cm³/mol. The van der Waals surface area contributed by atoms with Crippen molar-refractivity contribution in [2.24, 2.45) is 0 Å². The van der Waals surface area contributed by atoms with Gasteiger partial charge in [0.15, 0.2) is 0 Å². The van der Waals surface area contributed by atoms with Crippen LogP contribution in [0.15, 0.2) is 42.7 Å². The van der Waals surface area contributed by atoms with Crippen molar-refractivity contribution in [2.45, 2.75) is 6.92 Å². The summed E-state index contributed by atoms with van der Waals surface area (Å²) in [6.45, 7) is 1.90. The Morgan fingerprint density at radius 3 is 2.72 bits per heavy atom. The Hall–Kier alpha value is -2.00. The molecule has 0 aliphatic heterocycles. The summed E-state index contributed by atoms with van der Waals surface area (Å²) in [5, 5.41) is 1.58. The number of aromatic nitrogens is 3. The summed E-state index contributed by atoms with van der Waals surface area (Å²) < 4.78 is 0. The molecule has 18 heavy (non-hydrogen) atoms. The third kappa shape index (κ3) is 1.83. The zero-order chi connectivity index (χ0) is 12.5. The zero-order valence-corrected chi connectivity index (χ0v) is 10.5. The third-order valence-electron chi connectivity index (χ3n) is 2.86. The van der Waals surface area contributed by atoms with Gasteiger partial charge in [0.1, 0.15) is 11.5 Å². The van der Waals surface area contributed by atoms with Crippen molar-refractivity contribution in [3.8, 4) is 11.4 Å². The van der Waals surface area contributed by atoms with Gasteiger partial charge >= 0.3 is 0 Å². The van der Waals surface area contributed by atoms with Gasteiger partial charge in [0.2, 0.25) is 0 Å². The van der Waals surface area contributed by atoms with Gasteiger partial charge in [-0.05, 0) is 19.1 Å². The fourth-order valence-corrected chi connectivity index (χ4v) is 2.02. The molecule has 0 unspecified atom stereocenters. The Balaban J connectivity index is 2.22. The quantitative estimate of drug-likeness (QED) is 0.623. The molecule has 0 aliphatic carbocycles. The maximum atomic E-state index is 6.00. The number of halogens is 1. The highest BCUT2D eigenvalue weighted by molar-refractivity contribution is 6.30. The van der Waals surface area contributed by atoms with Crippen molar-refractivity contribution in [3.63, 3.8) is 0 Å². The fraction of sp³-hybridized carbons (Fsp3) is 0.0714. The molecule has 0 bridgehead atoms. The molecule has 2 aromatic heterocycles. The third-order valence-corrected chi connectivity index (χ3v) is 3.24. The second kappa shape index (κ2) is 4.35. The largest absolute Gasteiger partial charge is 0.246 e. The molecule has 1 aromatic carbocycles. The minimum absolute atomic E-state index is 0.468. The van der Waals surface area contributed by atoms with Gasteiger partial charge in [-0.3, -0.25) is 0 Å². The molecule has 0 saturated heterocycles. The lowest BCUT2D eigenvalue weighted by molar-refractivity contribution is 1.12.